The third-order valence-corrected chi connectivity index (χ3v) is 2.79. The van der Waals surface area contributed by atoms with E-state index in [-0.39, 0.29) is 22.8 Å². The van der Waals surface area contributed by atoms with Gasteiger partial charge in [-0.15, -0.1) is 0 Å². The van der Waals surface area contributed by atoms with Gasteiger partial charge in [-0.05, 0) is 35.9 Å². The molecular formula is C17H14O4. The van der Waals surface area contributed by atoms with Crippen LogP contribution in [-0.4, -0.2) is 21.1 Å². The molecule has 2 rings (SSSR count). The molecule has 0 saturated carbocycles. The quantitative estimate of drug-likeness (QED) is 0.594. The van der Waals surface area contributed by atoms with Gasteiger partial charge in [0.25, 0.3) is 0 Å². The minimum atomic E-state index is -0.413. The van der Waals surface area contributed by atoms with E-state index in [4.69, 9.17) is 5.11 Å². The summed E-state index contributed by atoms with van der Waals surface area (Å²) in [5.74, 6) is -0.658. The van der Waals surface area contributed by atoms with E-state index in [0.29, 0.717) is 0 Å². The lowest BCUT2D eigenvalue weighted by Gasteiger charge is -2.01. The molecule has 0 fully saturated rings. The molecule has 0 saturated heterocycles. The summed E-state index contributed by atoms with van der Waals surface area (Å²) in [5, 5.41) is 28.5. The molecule has 0 heterocycles. The van der Waals surface area contributed by atoms with Crippen LogP contribution >= 0.6 is 0 Å². The summed E-state index contributed by atoms with van der Waals surface area (Å²) in [6.45, 7) is 0. The molecule has 0 atom stereocenters. The van der Waals surface area contributed by atoms with Crippen molar-refractivity contribution in [2.24, 2.45) is 0 Å². The number of allylic oxidation sites excluding steroid dienone is 2. The first-order chi connectivity index (χ1) is 10.1. The van der Waals surface area contributed by atoms with Gasteiger partial charge in [0.1, 0.15) is 17.3 Å². The Hall–Kier alpha value is -3.01. The Morgan fingerprint density at radius 3 is 2.29 bits per heavy atom. The van der Waals surface area contributed by atoms with Crippen molar-refractivity contribution in [1.29, 1.82) is 0 Å². The number of phenols is 2. The highest BCUT2D eigenvalue weighted by Gasteiger charge is 2.05. The lowest BCUT2D eigenvalue weighted by atomic mass is 10.1. The zero-order valence-electron chi connectivity index (χ0n) is 11.1. The van der Waals surface area contributed by atoms with Crippen LogP contribution in [0.15, 0.2) is 60.7 Å². The van der Waals surface area contributed by atoms with Crippen LogP contribution < -0.4 is 0 Å². The number of para-hydroxylation sites is 1. The smallest absolute Gasteiger partial charge is 0.182 e. The number of hydrogen-bond acceptors (Lipinski definition) is 4. The van der Waals surface area contributed by atoms with Crippen LogP contribution in [-0.2, 0) is 4.79 Å². The molecule has 0 aliphatic heterocycles. The molecule has 4 heteroatoms. The molecule has 21 heavy (non-hydrogen) atoms. The zero-order chi connectivity index (χ0) is 15.2. The first kappa shape index (κ1) is 14.4. The minimum Gasteiger partial charge on any atom is -0.508 e. The number of hydrogen-bond donors (Lipinski definition) is 3. The molecule has 3 N–H and O–H groups in total. The Balaban J connectivity index is 2.12. The normalized spacial score (nSPS) is 11.7. The van der Waals surface area contributed by atoms with Crippen molar-refractivity contribution in [2.75, 3.05) is 0 Å². The number of carbonyl (C=O) groups is 1. The zero-order valence-corrected chi connectivity index (χ0v) is 11.1. The number of phenolic OH excluding ortho intramolecular Hbond substituents is 2. The summed E-state index contributed by atoms with van der Waals surface area (Å²) in [6.07, 6.45) is 3.89. The van der Waals surface area contributed by atoms with E-state index in [1.54, 1.807) is 30.3 Å². The van der Waals surface area contributed by atoms with Gasteiger partial charge in [-0.2, -0.15) is 0 Å². The Bertz CT molecular complexity index is 697. The first-order valence-corrected chi connectivity index (χ1v) is 6.26. The molecule has 0 amide bonds. The predicted octanol–water partition coefficient (Wildman–Crippen LogP) is 3.28. The minimum absolute atomic E-state index is 0.0958. The second kappa shape index (κ2) is 6.43. The maximum absolute atomic E-state index is 11.7. The Kier molecular flexibility index (Phi) is 4.41. The van der Waals surface area contributed by atoms with Crippen molar-refractivity contribution >= 4 is 17.6 Å². The SMILES string of the molecule is O=C(C=C(O)c1ccccc1O)/C=C/c1ccc(O)cc1. The predicted molar refractivity (Wildman–Crippen MR) is 80.9 cm³/mol. The summed E-state index contributed by atoms with van der Waals surface area (Å²) in [6, 6.07) is 12.6. The number of ketones is 1. The van der Waals surface area contributed by atoms with Gasteiger partial charge >= 0.3 is 0 Å². The standard InChI is InChI=1S/C17H14O4/c18-13-8-5-12(6-9-13)7-10-14(19)11-17(21)15-3-1-2-4-16(15)20/h1-11,18,20-21H/b10-7+,17-11?. The number of rotatable bonds is 4. The molecule has 0 unspecified atom stereocenters. The number of aliphatic hydroxyl groups is 1. The van der Waals surface area contributed by atoms with Gasteiger partial charge in [0, 0.05) is 6.08 Å². The highest BCUT2D eigenvalue weighted by Crippen LogP contribution is 2.22. The number of aromatic hydroxyl groups is 2. The molecule has 0 aromatic heterocycles. The van der Waals surface area contributed by atoms with Crippen LogP contribution in [0, 0.1) is 0 Å². The number of carbonyl (C=O) groups excluding carboxylic acids is 1. The van der Waals surface area contributed by atoms with Crippen molar-refractivity contribution in [3.8, 4) is 11.5 Å². The van der Waals surface area contributed by atoms with E-state index in [9.17, 15) is 15.0 Å². The van der Waals surface area contributed by atoms with Gasteiger partial charge in [0.15, 0.2) is 5.78 Å². The average molecular weight is 282 g/mol. The van der Waals surface area contributed by atoms with Crippen molar-refractivity contribution < 1.29 is 20.1 Å². The van der Waals surface area contributed by atoms with Crippen LogP contribution in [0.3, 0.4) is 0 Å². The maximum atomic E-state index is 11.7. The van der Waals surface area contributed by atoms with Gasteiger partial charge in [-0.25, -0.2) is 0 Å². The van der Waals surface area contributed by atoms with Crippen LogP contribution in [0.1, 0.15) is 11.1 Å². The summed E-state index contributed by atoms with van der Waals surface area (Å²) in [4.78, 5) is 11.7. The fraction of sp³-hybridized carbons (Fsp3) is 0. The summed E-state index contributed by atoms with van der Waals surface area (Å²) < 4.78 is 0. The van der Waals surface area contributed by atoms with Crippen molar-refractivity contribution in [3.05, 3.63) is 71.8 Å². The fourth-order valence-electron chi connectivity index (χ4n) is 1.71. The number of benzene rings is 2. The Morgan fingerprint density at radius 1 is 0.952 bits per heavy atom. The van der Waals surface area contributed by atoms with E-state index in [0.717, 1.165) is 11.6 Å². The molecule has 2 aromatic carbocycles. The lowest BCUT2D eigenvalue weighted by Crippen LogP contribution is -1.91. The van der Waals surface area contributed by atoms with Crippen LogP contribution in [0.5, 0.6) is 11.5 Å². The van der Waals surface area contributed by atoms with Gasteiger partial charge in [0.2, 0.25) is 0 Å². The molecule has 0 spiro atoms. The second-order valence-corrected chi connectivity index (χ2v) is 4.37. The Labute approximate surface area is 121 Å². The Morgan fingerprint density at radius 2 is 1.62 bits per heavy atom. The summed E-state index contributed by atoms with van der Waals surface area (Å²) in [5.41, 5.74) is 0.945. The fourth-order valence-corrected chi connectivity index (χ4v) is 1.71. The molecule has 0 radical (unpaired) electrons. The highest BCUT2D eigenvalue weighted by molar-refractivity contribution is 6.05. The van der Waals surface area contributed by atoms with Crippen molar-refractivity contribution in [1.82, 2.24) is 0 Å². The third kappa shape index (κ3) is 3.98. The second-order valence-electron chi connectivity index (χ2n) is 4.37. The molecule has 4 nitrogen and oxygen atoms in total. The summed E-state index contributed by atoms with van der Waals surface area (Å²) in [7, 11) is 0. The average Bonchev–Trinajstić information content (AvgIpc) is 2.47. The van der Waals surface area contributed by atoms with Crippen LogP contribution in [0.25, 0.3) is 11.8 Å². The summed E-state index contributed by atoms with van der Waals surface area (Å²) >= 11 is 0. The van der Waals surface area contributed by atoms with Crippen LogP contribution in [0.2, 0.25) is 0 Å². The van der Waals surface area contributed by atoms with Gasteiger partial charge in [-0.3, -0.25) is 4.79 Å². The first-order valence-electron chi connectivity index (χ1n) is 6.26. The topological polar surface area (TPSA) is 77.8 Å². The molecular weight excluding hydrogens is 268 g/mol. The van der Waals surface area contributed by atoms with Crippen LogP contribution in [0.4, 0.5) is 0 Å². The molecule has 0 bridgehead atoms. The van der Waals surface area contributed by atoms with E-state index < -0.39 is 5.78 Å². The lowest BCUT2D eigenvalue weighted by molar-refractivity contribution is -0.110. The van der Waals surface area contributed by atoms with Gasteiger partial charge in [-0.1, -0.05) is 30.3 Å². The highest BCUT2D eigenvalue weighted by atomic mass is 16.3. The monoisotopic (exact) mass is 282 g/mol. The third-order valence-electron chi connectivity index (χ3n) is 2.79. The maximum Gasteiger partial charge on any atom is 0.182 e. The van der Waals surface area contributed by atoms with Gasteiger partial charge in [0.05, 0.1) is 5.56 Å². The molecule has 106 valence electrons. The van der Waals surface area contributed by atoms with Gasteiger partial charge < -0.3 is 15.3 Å². The van der Waals surface area contributed by atoms with Crippen molar-refractivity contribution in [2.45, 2.75) is 0 Å². The van der Waals surface area contributed by atoms with E-state index in [1.807, 2.05) is 0 Å². The van der Waals surface area contributed by atoms with E-state index >= 15 is 0 Å². The van der Waals surface area contributed by atoms with E-state index in [1.165, 1.54) is 30.3 Å². The molecule has 2 aromatic rings. The largest absolute Gasteiger partial charge is 0.508 e. The van der Waals surface area contributed by atoms with E-state index in [2.05, 4.69) is 0 Å². The molecule has 0 aliphatic carbocycles. The molecule has 0 aliphatic rings. The number of aliphatic hydroxyl groups excluding tert-OH is 1. The van der Waals surface area contributed by atoms with Crippen molar-refractivity contribution in [3.63, 3.8) is 0 Å².